The summed E-state index contributed by atoms with van der Waals surface area (Å²) in [6, 6.07) is 6.23. The van der Waals surface area contributed by atoms with Gasteiger partial charge in [-0.15, -0.1) is 11.3 Å². The molecule has 1 aromatic carbocycles. The van der Waals surface area contributed by atoms with Gasteiger partial charge in [0.25, 0.3) is 0 Å². The number of halogens is 1. The van der Waals surface area contributed by atoms with Crippen molar-refractivity contribution in [1.29, 1.82) is 0 Å². The van der Waals surface area contributed by atoms with Crippen LogP contribution in [0.5, 0.6) is 11.5 Å². The minimum absolute atomic E-state index is 0.170. The number of fused-ring (bicyclic) bond motifs is 1. The molecule has 7 heteroatoms. The molecule has 124 valence electrons. The Hall–Kier alpha value is -1.60. The third kappa shape index (κ3) is 3.42. The van der Waals surface area contributed by atoms with Crippen molar-refractivity contribution >= 4 is 34.3 Å². The molecule has 4 nitrogen and oxygen atoms in total. The Kier molecular flexibility index (Phi) is 4.71. The number of nitrogens with zero attached hydrogens (tertiary/aromatic N) is 1. The number of hydrogen-bond acceptors (Lipinski definition) is 6. The predicted octanol–water partition coefficient (Wildman–Crippen LogP) is 4.66. The van der Waals surface area contributed by atoms with Gasteiger partial charge in [0.1, 0.15) is 5.01 Å². The van der Waals surface area contributed by atoms with E-state index in [-0.39, 0.29) is 12.8 Å². The van der Waals surface area contributed by atoms with Crippen molar-refractivity contribution in [2.75, 3.05) is 6.79 Å². The van der Waals surface area contributed by atoms with Crippen molar-refractivity contribution in [1.82, 2.24) is 10.3 Å². The van der Waals surface area contributed by atoms with Crippen LogP contribution in [0.3, 0.4) is 0 Å². The highest BCUT2D eigenvalue weighted by atomic mass is 35.5. The second-order valence-electron chi connectivity index (χ2n) is 5.45. The zero-order valence-corrected chi connectivity index (χ0v) is 15.1. The highest BCUT2D eigenvalue weighted by Crippen LogP contribution is 2.39. The summed E-state index contributed by atoms with van der Waals surface area (Å²) in [6.45, 7) is 0.913. The van der Waals surface area contributed by atoms with Gasteiger partial charge in [0.05, 0.1) is 11.1 Å². The largest absolute Gasteiger partial charge is 0.454 e. The summed E-state index contributed by atoms with van der Waals surface area (Å²) in [6.07, 6.45) is 2.76. The maximum Gasteiger partial charge on any atom is 0.231 e. The lowest BCUT2D eigenvalue weighted by atomic mass is 10.1. The first-order valence-corrected chi connectivity index (χ1v) is 9.71. The fraction of sp³-hybridized carbons (Fsp3) is 0.235. The van der Waals surface area contributed by atoms with Crippen LogP contribution in [0.25, 0.3) is 0 Å². The molecule has 0 spiro atoms. The van der Waals surface area contributed by atoms with Crippen molar-refractivity contribution in [2.45, 2.75) is 19.0 Å². The third-order valence-electron chi connectivity index (χ3n) is 3.81. The quantitative estimate of drug-likeness (QED) is 0.677. The monoisotopic (exact) mass is 378 g/mol. The molecule has 4 rings (SSSR count). The standard InChI is InChI=1S/C17H15ClN2O2S2/c18-13-5-12(7-15-16(13)22-10-21-15)8-20-14(17-19-2-4-24-17)6-11-1-3-23-9-11/h1-5,7,9,14,20H,6,8,10H2. The summed E-state index contributed by atoms with van der Waals surface area (Å²) in [7, 11) is 0. The molecule has 3 heterocycles. The Morgan fingerprint density at radius 1 is 1.25 bits per heavy atom. The van der Waals surface area contributed by atoms with Crippen molar-refractivity contribution in [3.8, 4) is 11.5 Å². The fourth-order valence-electron chi connectivity index (χ4n) is 2.66. The minimum Gasteiger partial charge on any atom is -0.454 e. The molecule has 0 fully saturated rings. The van der Waals surface area contributed by atoms with Crippen LogP contribution in [0.2, 0.25) is 5.02 Å². The number of rotatable bonds is 6. The average molecular weight is 379 g/mol. The summed E-state index contributed by atoms with van der Waals surface area (Å²) in [5.74, 6) is 1.35. The van der Waals surface area contributed by atoms with Gasteiger partial charge in [-0.3, -0.25) is 0 Å². The topological polar surface area (TPSA) is 43.4 Å². The first-order valence-electron chi connectivity index (χ1n) is 7.51. The van der Waals surface area contributed by atoms with Gasteiger partial charge in [0.15, 0.2) is 11.5 Å². The third-order valence-corrected chi connectivity index (χ3v) is 5.71. The first-order chi connectivity index (χ1) is 11.8. The highest BCUT2D eigenvalue weighted by Gasteiger charge is 2.19. The van der Waals surface area contributed by atoms with Crippen LogP contribution in [0.4, 0.5) is 0 Å². The molecule has 2 aromatic heterocycles. The Morgan fingerprint density at radius 2 is 2.21 bits per heavy atom. The second-order valence-corrected chi connectivity index (χ2v) is 7.56. The number of nitrogens with one attached hydrogen (secondary N) is 1. The molecule has 1 aliphatic heterocycles. The molecule has 0 saturated carbocycles. The van der Waals surface area contributed by atoms with Crippen LogP contribution < -0.4 is 14.8 Å². The lowest BCUT2D eigenvalue weighted by molar-refractivity contribution is 0.174. The Bertz CT molecular complexity index is 806. The molecule has 0 saturated heterocycles. The van der Waals surface area contributed by atoms with Crippen LogP contribution in [0, 0.1) is 0 Å². The molecule has 0 radical (unpaired) electrons. The van der Waals surface area contributed by atoms with Gasteiger partial charge in [0, 0.05) is 18.1 Å². The zero-order valence-electron chi connectivity index (χ0n) is 12.7. The molecule has 1 aliphatic rings. The molecule has 3 aromatic rings. The van der Waals surface area contributed by atoms with E-state index in [0.717, 1.165) is 17.0 Å². The van der Waals surface area contributed by atoms with Crippen LogP contribution in [-0.2, 0) is 13.0 Å². The second kappa shape index (κ2) is 7.11. The average Bonchev–Trinajstić information content (AvgIpc) is 3.31. The lowest BCUT2D eigenvalue weighted by Crippen LogP contribution is -2.22. The molecule has 1 atom stereocenters. The van der Waals surface area contributed by atoms with Gasteiger partial charge in [-0.2, -0.15) is 11.3 Å². The van der Waals surface area contributed by atoms with E-state index in [2.05, 4.69) is 27.1 Å². The molecule has 1 unspecified atom stereocenters. The van der Waals surface area contributed by atoms with Gasteiger partial charge in [-0.25, -0.2) is 4.98 Å². The van der Waals surface area contributed by atoms with E-state index < -0.39 is 0 Å². The van der Waals surface area contributed by atoms with Crippen LogP contribution in [0.15, 0.2) is 40.5 Å². The molecular formula is C17H15ClN2O2S2. The highest BCUT2D eigenvalue weighted by molar-refractivity contribution is 7.09. The Labute approximate surface area is 153 Å². The smallest absolute Gasteiger partial charge is 0.231 e. The number of ether oxygens (including phenoxy) is 2. The summed E-state index contributed by atoms with van der Waals surface area (Å²) in [4.78, 5) is 4.47. The van der Waals surface area contributed by atoms with E-state index in [1.807, 2.05) is 23.7 Å². The van der Waals surface area contributed by atoms with Crippen molar-refractivity contribution in [2.24, 2.45) is 0 Å². The normalized spacial score (nSPS) is 14.0. The summed E-state index contributed by atoms with van der Waals surface area (Å²) >= 11 is 9.65. The number of thiazole rings is 1. The zero-order chi connectivity index (χ0) is 16.4. The molecule has 1 N–H and O–H groups in total. The molecule has 24 heavy (non-hydrogen) atoms. The van der Waals surface area contributed by atoms with E-state index in [1.54, 1.807) is 22.7 Å². The minimum atomic E-state index is 0.170. The summed E-state index contributed by atoms with van der Waals surface area (Å²) < 4.78 is 10.8. The first kappa shape index (κ1) is 15.9. The van der Waals surface area contributed by atoms with E-state index in [4.69, 9.17) is 21.1 Å². The number of benzene rings is 1. The lowest BCUT2D eigenvalue weighted by Gasteiger charge is -2.16. The van der Waals surface area contributed by atoms with E-state index in [1.165, 1.54) is 5.56 Å². The fourth-order valence-corrected chi connectivity index (χ4v) is 4.34. The van der Waals surface area contributed by atoms with Gasteiger partial charge in [-0.05, 0) is 46.5 Å². The summed E-state index contributed by atoms with van der Waals surface area (Å²) in [5, 5.41) is 11.6. The Morgan fingerprint density at radius 3 is 3.00 bits per heavy atom. The number of aromatic nitrogens is 1. The number of thiophene rings is 1. The van der Waals surface area contributed by atoms with Crippen LogP contribution in [0.1, 0.15) is 22.2 Å². The van der Waals surface area contributed by atoms with E-state index in [0.29, 0.717) is 23.1 Å². The van der Waals surface area contributed by atoms with E-state index in [9.17, 15) is 0 Å². The maximum atomic E-state index is 6.26. The Balaban J connectivity index is 1.50. The van der Waals surface area contributed by atoms with Gasteiger partial charge in [-0.1, -0.05) is 11.6 Å². The van der Waals surface area contributed by atoms with Crippen molar-refractivity contribution < 1.29 is 9.47 Å². The van der Waals surface area contributed by atoms with Gasteiger partial charge < -0.3 is 14.8 Å². The molecule has 0 amide bonds. The van der Waals surface area contributed by atoms with Gasteiger partial charge >= 0.3 is 0 Å². The molecular weight excluding hydrogens is 364 g/mol. The van der Waals surface area contributed by atoms with Crippen LogP contribution >= 0.6 is 34.3 Å². The summed E-state index contributed by atoms with van der Waals surface area (Å²) in [5.41, 5.74) is 2.38. The maximum absolute atomic E-state index is 6.26. The SMILES string of the molecule is Clc1cc(CNC(Cc2ccsc2)c2nccs2)cc2c1OCO2. The van der Waals surface area contributed by atoms with Gasteiger partial charge in [0.2, 0.25) is 6.79 Å². The molecule has 0 aliphatic carbocycles. The van der Waals surface area contributed by atoms with Crippen molar-refractivity contribution in [3.63, 3.8) is 0 Å². The van der Waals surface area contributed by atoms with Crippen LogP contribution in [-0.4, -0.2) is 11.8 Å². The van der Waals surface area contributed by atoms with E-state index >= 15 is 0 Å². The predicted molar refractivity (Wildman–Crippen MR) is 97.3 cm³/mol. The molecule has 0 bridgehead atoms. The van der Waals surface area contributed by atoms with Crippen molar-refractivity contribution in [3.05, 3.63) is 61.7 Å². The number of hydrogen-bond donors (Lipinski definition) is 1.